The largest absolute Gasteiger partial charge is 0.433 e. The predicted octanol–water partition coefficient (Wildman–Crippen LogP) is 2.78. The number of nitrogens with zero attached hydrogens (tertiary/aromatic N) is 1. The fourth-order valence-corrected chi connectivity index (χ4v) is 2.16. The van der Waals surface area contributed by atoms with Crippen molar-refractivity contribution in [3.05, 3.63) is 29.6 Å². The standard InChI is InChI=1S/C13H15F3N2O.ClH/c14-13(15,16)12-6-3-4-9(18-12)8-11(19)10-5-1-2-7-17-10;/h3-4,6,10,17H,1-2,5,7-8H2;1H/t10-;/m0./s1. The molecule has 1 fully saturated rings. The van der Waals surface area contributed by atoms with Crippen LogP contribution in [0.3, 0.4) is 0 Å². The summed E-state index contributed by atoms with van der Waals surface area (Å²) in [4.78, 5) is 15.4. The number of piperidine rings is 1. The van der Waals surface area contributed by atoms with Crippen molar-refractivity contribution < 1.29 is 18.0 Å². The summed E-state index contributed by atoms with van der Waals surface area (Å²) in [5, 5.41) is 3.08. The summed E-state index contributed by atoms with van der Waals surface area (Å²) in [6.07, 6.45) is -1.77. The van der Waals surface area contributed by atoms with E-state index in [4.69, 9.17) is 0 Å². The summed E-state index contributed by atoms with van der Waals surface area (Å²) in [6.45, 7) is 0.784. The van der Waals surface area contributed by atoms with Gasteiger partial charge in [0.25, 0.3) is 0 Å². The van der Waals surface area contributed by atoms with Crippen LogP contribution < -0.4 is 5.32 Å². The van der Waals surface area contributed by atoms with Gasteiger partial charge in [-0.05, 0) is 31.5 Å². The molecular weight excluding hydrogens is 293 g/mol. The second-order valence-electron chi connectivity index (χ2n) is 4.66. The van der Waals surface area contributed by atoms with E-state index in [2.05, 4.69) is 10.3 Å². The summed E-state index contributed by atoms with van der Waals surface area (Å²) in [5.41, 5.74) is -0.776. The number of ketones is 1. The molecule has 2 heterocycles. The number of carbonyl (C=O) groups excluding carboxylic acids is 1. The Hall–Kier alpha value is -1.14. The van der Waals surface area contributed by atoms with Gasteiger partial charge in [-0.25, -0.2) is 4.98 Å². The average molecular weight is 309 g/mol. The molecule has 3 nitrogen and oxygen atoms in total. The summed E-state index contributed by atoms with van der Waals surface area (Å²) >= 11 is 0. The van der Waals surface area contributed by atoms with Crippen LogP contribution in [0.15, 0.2) is 18.2 Å². The third-order valence-corrected chi connectivity index (χ3v) is 3.15. The van der Waals surface area contributed by atoms with Crippen LogP contribution in [-0.2, 0) is 17.4 Å². The van der Waals surface area contributed by atoms with Gasteiger partial charge in [-0.3, -0.25) is 4.79 Å². The number of rotatable bonds is 3. The van der Waals surface area contributed by atoms with Gasteiger partial charge in [0.15, 0.2) is 5.78 Å². The molecule has 0 amide bonds. The van der Waals surface area contributed by atoms with Crippen LogP contribution in [0.5, 0.6) is 0 Å². The van der Waals surface area contributed by atoms with E-state index in [-0.39, 0.29) is 36.3 Å². The first-order chi connectivity index (χ1) is 8.97. The highest BCUT2D eigenvalue weighted by Crippen LogP contribution is 2.27. The topological polar surface area (TPSA) is 42.0 Å². The van der Waals surface area contributed by atoms with Crippen molar-refractivity contribution >= 4 is 18.2 Å². The highest BCUT2D eigenvalue weighted by atomic mass is 35.5. The van der Waals surface area contributed by atoms with E-state index in [1.807, 2.05) is 0 Å². The molecule has 0 radical (unpaired) electrons. The second kappa shape index (κ2) is 7.04. The minimum Gasteiger partial charge on any atom is -0.307 e. The number of aromatic nitrogens is 1. The van der Waals surface area contributed by atoms with E-state index in [0.29, 0.717) is 0 Å². The summed E-state index contributed by atoms with van der Waals surface area (Å²) in [7, 11) is 0. The second-order valence-corrected chi connectivity index (χ2v) is 4.66. The van der Waals surface area contributed by atoms with Crippen LogP contribution in [0.4, 0.5) is 13.2 Å². The third kappa shape index (κ3) is 4.45. The average Bonchev–Trinajstić information content (AvgIpc) is 2.39. The number of Topliss-reactive ketones (excluding diaryl/α,β-unsaturated/α-hetero) is 1. The third-order valence-electron chi connectivity index (χ3n) is 3.15. The highest BCUT2D eigenvalue weighted by molar-refractivity contribution is 5.86. The smallest absolute Gasteiger partial charge is 0.307 e. The molecule has 0 spiro atoms. The maximum atomic E-state index is 12.5. The maximum Gasteiger partial charge on any atom is 0.433 e. The number of halogens is 4. The first-order valence-corrected chi connectivity index (χ1v) is 6.26. The Bertz CT molecular complexity index is 459. The molecule has 0 saturated carbocycles. The van der Waals surface area contributed by atoms with Crippen LogP contribution in [0.25, 0.3) is 0 Å². The molecule has 1 aliphatic rings. The minimum atomic E-state index is -4.47. The molecule has 1 aromatic rings. The molecule has 2 rings (SSSR count). The molecule has 0 aromatic carbocycles. The van der Waals surface area contributed by atoms with Crippen molar-refractivity contribution in [2.45, 2.75) is 37.9 Å². The van der Waals surface area contributed by atoms with Gasteiger partial charge in [-0.2, -0.15) is 13.2 Å². The van der Waals surface area contributed by atoms with E-state index in [0.717, 1.165) is 31.9 Å². The van der Waals surface area contributed by atoms with E-state index < -0.39 is 11.9 Å². The molecule has 1 saturated heterocycles. The van der Waals surface area contributed by atoms with Crippen molar-refractivity contribution in [2.24, 2.45) is 0 Å². The highest BCUT2D eigenvalue weighted by Gasteiger charge is 2.32. The molecule has 0 bridgehead atoms. The molecule has 1 aliphatic heterocycles. The molecule has 0 aliphatic carbocycles. The molecule has 112 valence electrons. The lowest BCUT2D eigenvalue weighted by atomic mass is 9.98. The fourth-order valence-electron chi connectivity index (χ4n) is 2.16. The Kier molecular flexibility index (Phi) is 5.95. The molecular formula is C13H16ClF3N2O. The lowest BCUT2D eigenvalue weighted by Gasteiger charge is -2.22. The Morgan fingerprint density at radius 1 is 1.35 bits per heavy atom. The van der Waals surface area contributed by atoms with Crippen molar-refractivity contribution in [3.8, 4) is 0 Å². The quantitative estimate of drug-likeness (QED) is 0.933. The summed E-state index contributed by atoms with van der Waals surface area (Å²) in [5.74, 6) is -0.0912. The minimum absolute atomic E-state index is 0. The number of hydrogen-bond donors (Lipinski definition) is 1. The SMILES string of the molecule is Cl.O=C(Cc1cccc(C(F)(F)F)n1)[C@@H]1CCCCN1. The van der Waals surface area contributed by atoms with Crippen LogP contribution in [0.2, 0.25) is 0 Å². The summed E-state index contributed by atoms with van der Waals surface area (Å²) < 4.78 is 37.5. The molecule has 1 N–H and O–H groups in total. The molecule has 1 aromatic heterocycles. The van der Waals surface area contributed by atoms with Crippen molar-refractivity contribution in [1.29, 1.82) is 0 Å². The lowest BCUT2D eigenvalue weighted by Crippen LogP contribution is -2.41. The summed E-state index contributed by atoms with van der Waals surface area (Å²) in [6, 6.07) is 3.40. The number of nitrogens with one attached hydrogen (secondary N) is 1. The van der Waals surface area contributed by atoms with Crippen molar-refractivity contribution in [3.63, 3.8) is 0 Å². The number of pyridine rings is 1. The van der Waals surface area contributed by atoms with Crippen LogP contribution in [0.1, 0.15) is 30.7 Å². The zero-order valence-electron chi connectivity index (χ0n) is 10.7. The van der Waals surface area contributed by atoms with Crippen molar-refractivity contribution in [2.75, 3.05) is 6.54 Å². The van der Waals surface area contributed by atoms with Crippen LogP contribution >= 0.6 is 12.4 Å². The first kappa shape index (κ1) is 16.9. The van der Waals surface area contributed by atoms with Gasteiger partial charge >= 0.3 is 6.18 Å². The number of alkyl halides is 3. The van der Waals surface area contributed by atoms with Gasteiger partial charge < -0.3 is 5.32 Å². The molecule has 20 heavy (non-hydrogen) atoms. The lowest BCUT2D eigenvalue weighted by molar-refractivity contribution is -0.141. The van der Waals surface area contributed by atoms with E-state index in [9.17, 15) is 18.0 Å². The zero-order valence-corrected chi connectivity index (χ0v) is 11.6. The van der Waals surface area contributed by atoms with Gasteiger partial charge in [0.05, 0.1) is 12.5 Å². The Balaban J connectivity index is 0.00000200. The van der Waals surface area contributed by atoms with Gasteiger partial charge in [0, 0.05) is 5.69 Å². The van der Waals surface area contributed by atoms with E-state index in [1.54, 1.807) is 0 Å². The Morgan fingerprint density at radius 2 is 2.10 bits per heavy atom. The van der Waals surface area contributed by atoms with E-state index in [1.165, 1.54) is 12.1 Å². The van der Waals surface area contributed by atoms with Crippen LogP contribution in [-0.4, -0.2) is 23.4 Å². The van der Waals surface area contributed by atoms with Gasteiger partial charge in [0.1, 0.15) is 5.69 Å². The van der Waals surface area contributed by atoms with Gasteiger partial charge in [-0.1, -0.05) is 12.5 Å². The predicted molar refractivity (Wildman–Crippen MR) is 70.8 cm³/mol. The maximum absolute atomic E-state index is 12.5. The number of carbonyl (C=O) groups is 1. The monoisotopic (exact) mass is 308 g/mol. The van der Waals surface area contributed by atoms with E-state index >= 15 is 0 Å². The normalized spacial score (nSPS) is 19.2. The zero-order chi connectivity index (χ0) is 13.9. The van der Waals surface area contributed by atoms with Crippen molar-refractivity contribution in [1.82, 2.24) is 10.3 Å². The molecule has 1 atom stereocenters. The molecule has 0 unspecified atom stereocenters. The van der Waals surface area contributed by atoms with Gasteiger partial charge in [-0.15, -0.1) is 12.4 Å². The Morgan fingerprint density at radius 3 is 2.70 bits per heavy atom. The Labute approximate surface area is 121 Å². The molecule has 7 heteroatoms. The first-order valence-electron chi connectivity index (χ1n) is 6.26. The fraction of sp³-hybridized carbons (Fsp3) is 0.538. The van der Waals surface area contributed by atoms with Gasteiger partial charge in [0.2, 0.25) is 0 Å². The number of hydrogen-bond acceptors (Lipinski definition) is 3. The van der Waals surface area contributed by atoms with Crippen LogP contribution in [0, 0.1) is 0 Å².